The molecule has 1 fully saturated rings. The highest BCUT2D eigenvalue weighted by Gasteiger charge is 2.31. The topological polar surface area (TPSA) is 95.4 Å². The Morgan fingerprint density at radius 2 is 2.20 bits per heavy atom. The first-order valence-electron chi connectivity index (χ1n) is 6.68. The average Bonchev–Trinajstić information content (AvgIpc) is 2.46. The van der Waals surface area contributed by atoms with Crippen LogP contribution >= 0.6 is 0 Å². The van der Waals surface area contributed by atoms with Crippen LogP contribution in [-0.4, -0.2) is 47.0 Å². The highest BCUT2D eigenvalue weighted by molar-refractivity contribution is 7.87. The number of aryl methyl sites for hydroxylation is 1. The van der Waals surface area contributed by atoms with Gasteiger partial charge >= 0.3 is 0 Å². The van der Waals surface area contributed by atoms with Crippen LogP contribution < -0.4 is 4.72 Å². The van der Waals surface area contributed by atoms with E-state index in [2.05, 4.69) is 14.7 Å². The molecule has 0 bridgehead atoms. The van der Waals surface area contributed by atoms with Crippen molar-refractivity contribution in [2.24, 2.45) is 0 Å². The van der Waals surface area contributed by atoms with Gasteiger partial charge in [-0.1, -0.05) is 6.42 Å². The summed E-state index contributed by atoms with van der Waals surface area (Å²) in [5, 5.41) is 9.28. The van der Waals surface area contributed by atoms with Crippen molar-refractivity contribution >= 4 is 10.2 Å². The van der Waals surface area contributed by atoms with Crippen molar-refractivity contribution in [2.75, 3.05) is 13.2 Å². The zero-order valence-electron chi connectivity index (χ0n) is 11.5. The van der Waals surface area contributed by atoms with Gasteiger partial charge in [0.1, 0.15) is 0 Å². The molecule has 1 aliphatic rings. The molecular weight excluding hydrogens is 280 g/mol. The lowest BCUT2D eigenvalue weighted by molar-refractivity contribution is 0.154. The van der Waals surface area contributed by atoms with Crippen LogP contribution in [0.2, 0.25) is 0 Å². The summed E-state index contributed by atoms with van der Waals surface area (Å²) in [6, 6.07) is -0.328. The average molecular weight is 300 g/mol. The summed E-state index contributed by atoms with van der Waals surface area (Å²) >= 11 is 0. The molecule has 20 heavy (non-hydrogen) atoms. The van der Waals surface area contributed by atoms with Crippen LogP contribution in [-0.2, 0) is 16.8 Å². The third-order valence-corrected chi connectivity index (χ3v) is 4.97. The van der Waals surface area contributed by atoms with Crippen LogP contribution in [0.15, 0.2) is 12.4 Å². The Labute approximate surface area is 119 Å². The van der Waals surface area contributed by atoms with Crippen LogP contribution in [0.4, 0.5) is 0 Å². The second kappa shape index (κ2) is 6.57. The van der Waals surface area contributed by atoms with E-state index in [9.17, 15) is 13.5 Å². The van der Waals surface area contributed by atoms with Gasteiger partial charge in [-0.25, -0.2) is 0 Å². The lowest BCUT2D eigenvalue weighted by atomic mass is 10.1. The zero-order chi connectivity index (χ0) is 14.6. The molecule has 0 spiro atoms. The number of piperidine rings is 1. The molecule has 1 aliphatic heterocycles. The van der Waals surface area contributed by atoms with E-state index in [0.717, 1.165) is 18.5 Å². The molecular formula is C12H20N4O3S. The van der Waals surface area contributed by atoms with E-state index < -0.39 is 10.2 Å². The van der Waals surface area contributed by atoms with Gasteiger partial charge in [-0.3, -0.25) is 9.97 Å². The van der Waals surface area contributed by atoms with Crippen LogP contribution in [0.1, 0.15) is 30.7 Å². The first-order valence-corrected chi connectivity index (χ1v) is 8.12. The van der Waals surface area contributed by atoms with Gasteiger partial charge in [0.05, 0.1) is 30.7 Å². The molecule has 1 aromatic rings. The molecule has 1 saturated heterocycles. The normalized spacial score (nSPS) is 21.0. The van der Waals surface area contributed by atoms with Gasteiger partial charge in [0, 0.05) is 18.8 Å². The predicted molar refractivity (Wildman–Crippen MR) is 74.0 cm³/mol. The van der Waals surface area contributed by atoms with E-state index in [1.807, 2.05) is 6.92 Å². The van der Waals surface area contributed by atoms with Crippen molar-refractivity contribution in [1.29, 1.82) is 0 Å². The fourth-order valence-electron chi connectivity index (χ4n) is 2.23. The van der Waals surface area contributed by atoms with Crippen LogP contribution in [0, 0.1) is 6.92 Å². The van der Waals surface area contributed by atoms with E-state index in [1.54, 1.807) is 12.4 Å². The number of nitrogens with zero attached hydrogens (tertiary/aromatic N) is 3. The van der Waals surface area contributed by atoms with Gasteiger partial charge in [0.15, 0.2) is 0 Å². The Morgan fingerprint density at radius 1 is 1.40 bits per heavy atom. The molecule has 0 amide bonds. The van der Waals surface area contributed by atoms with Crippen LogP contribution in [0.25, 0.3) is 0 Å². The predicted octanol–water partition coefficient (Wildman–Crippen LogP) is -0.0338. The molecule has 0 saturated carbocycles. The Kier molecular flexibility index (Phi) is 5.03. The lowest BCUT2D eigenvalue weighted by Gasteiger charge is -2.33. The number of aliphatic hydroxyl groups is 1. The minimum atomic E-state index is -3.60. The summed E-state index contributed by atoms with van der Waals surface area (Å²) in [6.45, 7) is 2.22. The summed E-state index contributed by atoms with van der Waals surface area (Å²) in [6.07, 6.45) is 5.61. The van der Waals surface area contributed by atoms with Gasteiger partial charge < -0.3 is 5.11 Å². The van der Waals surface area contributed by atoms with Crippen LogP contribution in [0.5, 0.6) is 0 Å². The first-order chi connectivity index (χ1) is 9.53. The second-order valence-electron chi connectivity index (χ2n) is 4.92. The molecule has 0 aromatic carbocycles. The molecule has 2 heterocycles. The molecule has 8 heteroatoms. The van der Waals surface area contributed by atoms with Crippen LogP contribution in [0.3, 0.4) is 0 Å². The Balaban J connectivity index is 2.01. The van der Waals surface area contributed by atoms with E-state index >= 15 is 0 Å². The third-order valence-electron chi connectivity index (χ3n) is 3.36. The Morgan fingerprint density at radius 3 is 2.85 bits per heavy atom. The number of nitrogens with one attached hydrogen (secondary N) is 1. The van der Waals surface area contributed by atoms with Crippen molar-refractivity contribution in [3.63, 3.8) is 0 Å². The Bertz CT molecular complexity index is 532. The number of hydrogen-bond donors (Lipinski definition) is 2. The summed E-state index contributed by atoms with van der Waals surface area (Å²) < 4.78 is 28.4. The monoisotopic (exact) mass is 300 g/mol. The van der Waals surface area contributed by atoms with Gasteiger partial charge in [0.2, 0.25) is 0 Å². The largest absolute Gasteiger partial charge is 0.395 e. The van der Waals surface area contributed by atoms with E-state index in [4.69, 9.17) is 0 Å². The minimum absolute atomic E-state index is 0.101. The smallest absolute Gasteiger partial charge is 0.280 e. The third kappa shape index (κ3) is 3.72. The number of rotatable bonds is 5. The fourth-order valence-corrected chi connectivity index (χ4v) is 3.66. The van der Waals surface area contributed by atoms with Gasteiger partial charge in [-0.15, -0.1) is 0 Å². The molecule has 2 N–H and O–H groups in total. The zero-order valence-corrected chi connectivity index (χ0v) is 12.3. The minimum Gasteiger partial charge on any atom is -0.395 e. The summed E-state index contributed by atoms with van der Waals surface area (Å²) in [5.41, 5.74) is 1.35. The van der Waals surface area contributed by atoms with Crippen molar-refractivity contribution in [2.45, 2.75) is 38.8 Å². The SMILES string of the molecule is Cc1cnc(CNS(=O)(=O)N2CCCCC2CO)cn1. The molecule has 1 unspecified atom stereocenters. The quantitative estimate of drug-likeness (QED) is 0.796. The fraction of sp³-hybridized carbons (Fsp3) is 0.667. The number of hydrogen-bond acceptors (Lipinski definition) is 5. The van der Waals surface area contributed by atoms with Gasteiger partial charge in [0.25, 0.3) is 10.2 Å². The summed E-state index contributed by atoms with van der Waals surface area (Å²) in [7, 11) is -3.60. The molecule has 1 aromatic heterocycles. The van der Waals surface area contributed by atoms with Gasteiger partial charge in [-0.2, -0.15) is 17.4 Å². The maximum Gasteiger partial charge on any atom is 0.280 e. The highest BCUT2D eigenvalue weighted by atomic mass is 32.2. The second-order valence-corrected chi connectivity index (χ2v) is 6.63. The first kappa shape index (κ1) is 15.3. The summed E-state index contributed by atoms with van der Waals surface area (Å²) in [4.78, 5) is 8.18. The molecule has 0 aliphatic carbocycles. The van der Waals surface area contributed by atoms with Crippen molar-refractivity contribution in [3.8, 4) is 0 Å². The van der Waals surface area contributed by atoms with E-state index in [1.165, 1.54) is 4.31 Å². The van der Waals surface area contributed by atoms with Crippen molar-refractivity contribution < 1.29 is 13.5 Å². The molecule has 2 rings (SSSR count). The standard InChI is InChI=1S/C12H20N4O3S/c1-10-6-14-11(7-13-10)8-15-20(18,19)16-5-3-2-4-12(16)9-17/h6-7,12,15,17H,2-5,8-9H2,1H3. The molecule has 112 valence electrons. The number of aliphatic hydroxyl groups excluding tert-OH is 1. The maximum absolute atomic E-state index is 12.3. The van der Waals surface area contributed by atoms with Gasteiger partial charge in [-0.05, 0) is 19.8 Å². The maximum atomic E-state index is 12.3. The van der Waals surface area contributed by atoms with E-state index in [0.29, 0.717) is 18.7 Å². The highest BCUT2D eigenvalue weighted by Crippen LogP contribution is 2.19. The molecule has 1 atom stereocenters. The molecule has 7 nitrogen and oxygen atoms in total. The Hall–Kier alpha value is -1.09. The number of aromatic nitrogens is 2. The van der Waals surface area contributed by atoms with E-state index in [-0.39, 0.29) is 19.2 Å². The van der Waals surface area contributed by atoms with Crippen molar-refractivity contribution in [1.82, 2.24) is 19.0 Å². The van der Waals surface area contributed by atoms with Crippen molar-refractivity contribution in [3.05, 3.63) is 23.8 Å². The molecule has 0 radical (unpaired) electrons. The summed E-state index contributed by atoms with van der Waals surface area (Å²) in [5.74, 6) is 0. The lowest BCUT2D eigenvalue weighted by Crippen LogP contribution is -2.50.